The second-order valence-electron chi connectivity index (χ2n) is 6.09. The van der Waals surface area contributed by atoms with E-state index in [1.807, 2.05) is 22.9 Å². The van der Waals surface area contributed by atoms with E-state index in [0.717, 1.165) is 24.5 Å². The summed E-state index contributed by atoms with van der Waals surface area (Å²) in [5.41, 5.74) is 1.12. The summed E-state index contributed by atoms with van der Waals surface area (Å²) < 4.78 is 7.13. The quantitative estimate of drug-likeness (QED) is 0.933. The summed E-state index contributed by atoms with van der Waals surface area (Å²) in [6.07, 6.45) is 7.19. The van der Waals surface area contributed by atoms with Gasteiger partial charge in [0.05, 0.1) is 18.5 Å². The van der Waals surface area contributed by atoms with Crippen molar-refractivity contribution in [3.05, 3.63) is 42.1 Å². The Kier molecular flexibility index (Phi) is 3.46. The maximum Gasteiger partial charge on any atom is 0.246 e. The van der Waals surface area contributed by atoms with E-state index in [1.54, 1.807) is 12.5 Å². The van der Waals surface area contributed by atoms with Crippen molar-refractivity contribution in [3.8, 4) is 0 Å². The summed E-state index contributed by atoms with van der Waals surface area (Å²) in [5.74, 6) is 0.770. The van der Waals surface area contributed by atoms with Crippen LogP contribution in [0.15, 0.2) is 35.1 Å². The minimum Gasteiger partial charge on any atom is -0.467 e. The standard InChI is InChI=1S/C16H20N4O2/c21-16(17-9-14-5-2-8-22-14)15-11-19(12-3-1-4-12)10-13-6-7-18-20(13)15/h2,5-8,12,15H,1,3-4,9-11H2,(H,17,21)/t15-/m0/s1. The first kappa shape index (κ1) is 13.6. The van der Waals surface area contributed by atoms with Gasteiger partial charge < -0.3 is 9.73 Å². The van der Waals surface area contributed by atoms with Gasteiger partial charge in [0.1, 0.15) is 11.8 Å². The number of amides is 1. The van der Waals surface area contributed by atoms with Crippen molar-refractivity contribution in [2.24, 2.45) is 0 Å². The molecule has 6 nitrogen and oxygen atoms in total. The molecule has 0 aromatic carbocycles. The topological polar surface area (TPSA) is 63.3 Å². The molecule has 0 bridgehead atoms. The van der Waals surface area contributed by atoms with Crippen LogP contribution in [0.1, 0.15) is 36.8 Å². The number of nitrogens with one attached hydrogen (secondary N) is 1. The Morgan fingerprint density at radius 2 is 2.32 bits per heavy atom. The predicted octanol–water partition coefficient (Wildman–Crippen LogP) is 1.70. The van der Waals surface area contributed by atoms with Gasteiger partial charge in [0.25, 0.3) is 0 Å². The highest BCUT2D eigenvalue weighted by Gasteiger charge is 2.35. The molecular weight excluding hydrogens is 280 g/mol. The molecule has 0 radical (unpaired) electrons. The fourth-order valence-electron chi connectivity index (χ4n) is 3.25. The molecule has 116 valence electrons. The third-order valence-electron chi connectivity index (χ3n) is 4.73. The summed E-state index contributed by atoms with van der Waals surface area (Å²) in [5, 5.41) is 7.31. The molecule has 2 aromatic heterocycles. The second kappa shape index (κ2) is 5.61. The van der Waals surface area contributed by atoms with E-state index in [1.165, 1.54) is 19.3 Å². The lowest BCUT2D eigenvalue weighted by molar-refractivity contribution is -0.126. The van der Waals surface area contributed by atoms with E-state index < -0.39 is 0 Å². The molecule has 1 amide bonds. The van der Waals surface area contributed by atoms with Crippen molar-refractivity contribution >= 4 is 5.91 Å². The lowest BCUT2D eigenvalue weighted by Gasteiger charge is -2.42. The number of furan rings is 1. The molecule has 1 atom stereocenters. The molecule has 0 unspecified atom stereocenters. The van der Waals surface area contributed by atoms with Gasteiger partial charge in [-0.05, 0) is 31.0 Å². The molecule has 22 heavy (non-hydrogen) atoms. The zero-order chi connectivity index (χ0) is 14.9. The van der Waals surface area contributed by atoms with Gasteiger partial charge >= 0.3 is 0 Å². The van der Waals surface area contributed by atoms with Crippen LogP contribution in [0.5, 0.6) is 0 Å². The summed E-state index contributed by atoms with van der Waals surface area (Å²) in [6.45, 7) is 2.05. The Balaban J connectivity index is 1.48. The Bertz CT molecular complexity index is 645. The molecule has 1 aliphatic carbocycles. The van der Waals surface area contributed by atoms with Gasteiger partial charge in [0.15, 0.2) is 0 Å². The van der Waals surface area contributed by atoms with E-state index in [4.69, 9.17) is 4.42 Å². The van der Waals surface area contributed by atoms with Crippen molar-refractivity contribution in [3.63, 3.8) is 0 Å². The molecule has 1 saturated carbocycles. The van der Waals surface area contributed by atoms with Crippen LogP contribution < -0.4 is 5.32 Å². The number of carbonyl (C=O) groups is 1. The van der Waals surface area contributed by atoms with Gasteiger partial charge in [0.2, 0.25) is 5.91 Å². The SMILES string of the molecule is O=C(NCc1ccco1)[C@@H]1CN(C2CCC2)Cc2ccnn21. The normalized spacial score (nSPS) is 22.1. The number of hydrogen-bond donors (Lipinski definition) is 1. The van der Waals surface area contributed by atoms with Gasteiger partial charge in [-0.15, -0.1) is 0 Å². The number of fused-ring (bicyclic) bond motifs is 1. The molecule has 0 saturated heterocycles. The lowest BCUT2D eigenvalue weighted by atomic mass is 9.90. The van der Waals surface area contributed by atoms with Gasteiger partial charge in [-0.3, -0.25) is 14.4 Å². The summed E-state index contributed by atoms with van der Waals surface area (Å²) in [7, 11) is 0. The highest BCUT2D eigenvalue weighted by Crippen LogP contribution is 2.30. The minimum atomic E-state index is -0.255. The van der Waals surface area contributed by atoms with Gasteiger partial charge in [0, 0.05) is 25.3 Å². The fraction of sp³-hybridized carbons (Fsp3) is 0.500. The van der Waals surface area contributed by atoms with Crippen molar-refractivity contribution in [2.75, 3.05) is 6.54 Å². The van der Waals surface area contributed by atoms with Crippen LogP contribution in [-0.4, -0.2) is 33.2 Å². The van der Waals surface area contributed by atoms with E-state index in [9.17, 15) is 4.79 Å². The van der Waals surface area contributed by atoms with Crippen LogP contribution in [-0.2, 0) is 17.9 Å². The van der Waals surface area contributed by atoms with Gasteiger partial charge in [-0.25, -0.2) is 0 Å². The summed E-state index contributed by atoms with van der Waals surface area (Å²) in [6, 6.07) is 6.07. The second-order valence-corrected chi connectivity index (χ2v) is 6.09. The third-order valence-corrected chi connectivity index (χ3v) is 4.73. The number of nitrogens with zero attached hydrogens (tertiary/aromatic N) is 3. The summed E-state index contributed by atoms with van der Waals surface area (Å²) >= 11 is 0. The maximum absolute atomic E-state index is 12.6. The van der Waals surface area contributed by atoms with Crippen LogP contribution in [0.2, 0.25) is 0 Å². The predicted molar refractivity (Wildman–Crippen MR) is 79.9 cm³/mol. The number of rotatable bonds is 4. The first-order valence-corrected chi connectivity index (χ1v) is 7.88. The molecule has 4 rings (SSSR count). The largest absolute Gasteiger partial charge is 0.467 e. The molecule has 1 aliphatic heterocycles. The maximum atomic E-state index is 12.6. The van der Waals surface area contributed by atoms with E-state index >= 15 is 0 Å². The van der Waals surface area contributed by atoms with Crippen LogP contribution in [0.3, 0.4) is 0 Å². The molecule has 0 spiro atoms. The highest BCUT2D eigenvalue weighted by atomic mass is 16.3. The molecule has 3 heterocycles. The zero-order valence-electron chi connectivity index (χ0n) is 12.4. The molecule has 1 fully saturated rings. The smallest absolute Gasteiger partial charge is 0.246 e. The lowest BCUT2D eigenvalue weighted by Crippen LogP contribution is -2.50. The van der Waals surface area contributed by atoms with E-state index in [-0.39, 0.29) is 11.9 Å². The average Bonchev–Trinajstić information content (AvgIpc) is 3.13. The Hall–Kier alpha value is -2.08. The Morgan fingerprint density at radius 3 is 3.05 bits per heavy atom. The van der Waals surface area contributed by atoms with Gasteiger partial charge in [-0.1, -0.05) is 6.42 Å². The van der Waals surface area contributed by atoms with Crippen molar-refractivity contribution in [1.29, 1.82) is 0 Å². The number of hydrogen-bond acceptors (Lipinski definition) is 4. The number of carbonyl (C=O) groups excluding carboxylic acids is 1. The van der Waals surface area contributed by atoms with Gasteiger partial charge in [-0.2, -0.15) is 5.10 Å². The molecular formula is C16H20N4O2. The third kappa shape index (κ3) is 2.43. The molecule has 2 aromatic rings. The Labute approximate surface area is 129 Å². The van der Waals surface area contributed by atoms with Crippen LogP contribution in [0, 0.1) is 0 Å². The van der Waals surface area contributed by atoms with E-state index in [2.05, 4.69) is 15.3 Å². The first-order chi connectivity index (χ1) is 10.8. The monoisotopic (exact) mass is 300 g/mol. The minimum absolute atomic E-state index is 0.00498. The fourth-order valence-corrected chi connectivity index (χ4v) is 3.25. The highest BCUT2D eigenvalue weighted by molar-refractivity contribution is 5.80. The summed E-state index contributed by atoms with van der Waals surface area (Å²) in [4.78, 5) is 15.0. The molecule has 6 heteroatoms. The Morgan fingerprint density at radius 1 is 1.41 bits per heavy atom. The zero-order valence-corrected chi connectivity index (χ0v) is 12.4. The van der Waals surface area contributed by atoms with E-state index in [0.29, 0.717) is 12.6 Å². The van der Waals surface area contributed by atoms with Crippen LogP contribution in [0.25, 0.3) is 0 Å². The van der Waals surface area contributed by atoms with Crippen molar-refractivity contribution in [2.45, 2.75) is 44.4 Å². The van der Waals surface area contributed by atoms with Crippen LogP contribution >= 0.6 is 0 Å². The first-order valence-electron chi connectivity index (χ1n) is 7.88. The number of aromatic nitrogens is 2. The molecule has 1 N–H and O–H groups in total. The average molecular weight is 300 g/mol. The van der Waals surface area contributed by atoms with Crippen molar-refractivity contribution < 1.29 is 9.21 Å². The molecule has 2 aliphatic rings. The van der Waals surface area contributed by atoms with Crippen molar-refractivity contribution in [1.82, 2.24) is 20.0 Å². The van der Waals surface area contributed by atoms with Crippen LogP contribution in [0.4, 0.5) is 0 Å².